The van der Waals surface area contributed by atoms with Gasteiger partial charge < -0.3 is 19.6 Å². The molecule has 0 saturated heterocycles. The molecule has 0 unspecified atom stereocenters. The van der Waals surface area contributed by atoms with Crippen LogP contribution in [0.25, 0.3) is 28.0 Å². The highest BCUT2D eigenvalue weighted by molar-refractivity contribution is 6.74. The van der Waals surface area contributed by atoms with E-state index >= 15 is 0 Å². The van der Waals surface area contributed by atoms with Gasteiger partial charge in [0.2, 0.25) is 0 Å². The van der Waals surface area contributed by atoms with E-state index < -0.39 is 26.1 Å². The van der Waals surface area contributed by atoms with Crippen LogP contribution in [0.2, 0.25) is 18.1 Å². The lowest BCUT2D eigenvalue weighted by molar-refractivity contribution is 0.0497. The number of benzene rings is 1. The number of aliphatic hydroxyl groups excluding tert-OH is 1. The summed E-state index contributed by atoms with van der Waals surface area (Å²) in [5.41, 5.74) is 3.52. The lowest BCUT2D eigenvalue weighted by Gasteiger charge is -2.36. The lowest BCUT2D eigenvalue weighted by Crippen LogP contribution is -2.40. The Kier molecular flexibility index (Phi) is 9.73. The molecule has 0 aliphatic rings. The fraction of sp³-hybridized carbons (Fsp3) is 0.455. The number of carbonyl (C=O) groups is 1. The number of aliphatic hydroxyl groups is 1. The van der Waals surface area contributed by atoms with Crippen molar-refractivity contribution in [3.05, 3.63) is 72.2 Å². The first-order chi connectivity index (χ1) is 20.2. The molecule has 0 aliphatic heterocycles. The summed E-state index contributed by atoms with van der Waals surface area (Å²) in [6, 6.07) is 17.4. The van der Waals surface area contributed by atoms with Gasteiger partial charge in [-0.1, -0.05) is 45.0 Å². The van der Waals surface area contributed by atoms with Crippen LogP contribution in [0.15, 0.2) is 60.8 Å². The second-order valence-corrected chi connectivity index (χ2v) is 18.2. The summed E-state index contributed by atoms with van der Waals surface area (Å²) < 4.78 is 13.7. The van der Waals surface area contributed by atoms with Crippen molar-refractivity contribution in [2.45, 2.75) is 90.8 Å². The van der Waals surface area contributed by atoms with Crippen molar-refractivity contribution in [3.63, 3.8) is 0 Å². The fourth-order valence-electron chi connectivity index (χ4n) is 4.34. The van der Waals surface area contributed by atoms with E-state index in [4.69, 9.17) is 19.1 Å². The predicted octanol–water partition coefficient (Wildman–Crippen LogP) is 7.34. The van der Waals surface area contributed by atoms with E-state index in [9.17, 15) is 9.90 Å². The minimum atomic E-state index is -1.91. The third-order valence-electron chi connectivity index (χ3n) is 7.73. The van der Waals surface area contributed by atoms with E-state index in [1.54, 1.807) is 0 Å². The molecule has 0 fully saturated rings. The van der Waals surface area contributed by atoms with Crippen LogP contribution in [-0.2, 0) is 15.8 Å². The molecule has 1 atom stereocenters. The van der Waals surface area contributed by atoms with Gasteiger partial charge in [-0.05, 0) is 82.1 Å². The first kappa shape index (κ1) is 32.3. The first-order valence-electron chi connectivity index (χ1n) is 14.8. The van der Waals surface area contributed by atoms with Crippen LogP contribution in [0.5, 0.6) is 0 Å². The molecule has 4 rings (SSSR count). The number of rotatable bonds is 10. The summed E-state index contributed by atoms with van der Waals surface area (Å²) in [6.07, 6.45) is 2.36. The number of ether oxygens (including phenoxy) is 1. The zero-order valence-corrected chi connectivity index (χ0v) is 27.6. The Morgan fingerprint density at radius 3 is 2.47 bits per heavy atom. The van der Waals surface area contributed by atoms with Gasteiger partial charge in [0.15, 0.2) is 14.1 Å². The van der Waals surface area contributed by atoms with Gasteiger partial charge in [0, 0.05) is 17.6 Å². The highest BCUT2D eigenvalue weighted by atomic mass is 28.4. The minimum absolute atomic E-state index is 0.0183. The van der Waals surface area contributed by atoms with Crippen molar-refractivity contribution in [1.29, 1.82) is 0 Å². The van der Waals surface area contributed by atoms with Crippen LogP contribution < -0.4 is 5.32 Å². The summed E-state index contributed by atoms with van der Waals surface area (Å²) in [5, 5.41) is 18.1. The molecule has 0 saturated carbocycles. The molecule has 2 N–H and O–H groups in total. The van der Waals surface area contributed by atoms with Crippen LogP contribution in [0.4, 0.5) is 4.79 Å². The third kappa shape index (κ3) is 8.28. The van der Waals surface area contributed by atoms with E-state index in [-0.39, 0.29) is 11.6 Å². The molecule has 0 spiro atoms. The van der Waals surface area contributed by atoms with Gasteiger partial charge in [-0.3, -0.25) is 4.98 Å². The minimum Gasteiger partial charge on any atom is -0.444 e. The zero-order chi connectivity index (χ0) is 31.4. The smallest absolute Gasteiger partial charge is 0.408 e. The summed E-state index contributed by atoms with van der Waals surface area (Å²) in [6.45, 7) is 17.1. The summed E-state index contributed by atoms with van der Waals surface area (Å²) in [7, 11) is -1.91. The number of fused-ring (bicyclic) bond motifs is 1. The van der Waals surface area contributed by atoms with Gasteiger partial charge in [-0.2, -0.15) is 5.10 Å². The molecule has 0 aliphatic carbocycles. The van der Waals surface area contributed by atoms with Crippen molar-refractivity contribution >= 4 is 25.3 Å². The Morgan fingerprint density at radius 1 is 1.02 bits per heavy atom. The van der Waals surface area contributed by atoms with Crippen LogP contribution in [0.3, 0.4) is 0 Å². The van der Waals surface area contributed by atoms with E-state index in [1.165, 1.54) is 0 Å². The predicted molar refractivity (Wildman–Crippen MR) is 173 cm³/mol. The molecule has 1 amide bonds. The van der Waals surface area contributed by atoms with E-state index in [2.05, 4.69) is 50.3 Å². The molecular weight excluding hydrogens is 558 g/mol. The quantitative estimate of drug-likeness (QED) is 0.182. The Hall–Kier alpha value is -3.60. The molecular formula is C33H45N5O4Si. The summed E-state index contributed by atoms with van der Waals surface area (Å²) in [4.78, 5) is 22.4. The number of amides is 1. The zero-order valence-electron chi connectivity index (χ0n) is 26.6. The number of alkyl carbamates (subject to hydrolysis) is 1. The van der Waals surface area contributed by atoms with Crippen LogP contribution in [0.1, 0.15) is 71.8 Å². The first-order valence-corrected chi connectivity index (χ1v) is 17.7. The molecule has 1 aromatic carbocycles. The lowest BCUT2D eigenvalue weighted by atomic mass is 10.0. The monoisotopic (exact) mass is 603 g/mol. The second-order valence-electron chi connectivity index (χ2n) is 13.4. The highest BCUT2D eigenvalue weighted by Crippen LogP contribution is 2.37. The van der Waals surface area contributed by atoms with Crippen LogP contribution in [0, 0.1) is 0 Å². The standard InChI is InChI=1S/C33H45N5O4Si/c1-32(2,3)42-31(40)37-28(15-11-19-39)27-14-10-13-26(36-27)23-17-18-24-21-34-38(29(24)20-23)30-16-9-12-25(35-30)22-41-43(7,8)33(4,5)6/h9-10,12-14,16-18,20-21,28,39H,11,15,19,22H2,1-8H3,(H,37,40)/t28-/m0/s1. The Balaban J connectivity index is 1.62. The molecule has 0 bridgehead atoms. The molecule has 3 heterocycles. The van der Waals surface area contributed by atoms with Crippen molar-refractivity contribution < 1.29 is 19.1 Å². The van der Waals surface area contributed by atoms with Gasteiger partial charge in [-0.15, -0.1) is 0 Å². The normalized spacial score (nSPS) is 13.2. The number of hydrogen-bond acceptors (Lipinski definition) is 7. The topological polar surface area (TPSA) is 111 Å². The third-order valence-corrected chi connectivity index (χ3v) is 12.2. The molecule has 3 aromatic heterocycles. The van der Waals surface area contributed by atoms with E-state index in [0.29, 0.717) is 25.1 Å². The highest BCUT2D eigenvalue weighted by Gasteiger charge is 2.37. The number of hydrogen-bond donors (Lipinski definition) is 2. The Labute approximate surface area is 255 Å². The maximum Gasteiger partial charge on any atom is 0.408 e. The maximum absolute atomic E-state index is 12.6. The molecule has 9 nitrogen and oxygen atoms in total. The molecule has 0 radical (unpaired) electrons. The SMILES string of the molecule is CC(C)(C)OC(=O)N[C@@H](CCCO)c1cccc(-c2ccc3cnn(-c4cccc(CO[Si](C)(C)C(C)(C)C)n4)c3c2)n1. The molecule has 10 heteroatoms. The van der Waals surface area contributed by atoms with Crippen molar-refractivity contribution in [3.8, 4) is 17.1 Å². The van der Waals surface area contributed by atoms with Crippen LogP contribution >= 0.6 is 0 Å². The van der Waals surface area contributed by atoms with Gasteiger partial charge in [-0.25, -0.2) is 14.5 Å². The fourth-order valence-corrected chi connectivity index (χ4v) is 5.28. The average molecular weight is 604 g/mol. The molecule has 4 aromatic rings. The van der Waals surface area contributed by atoms with Crippen LogP contribution in [-0.4, -0.2) is 51.5 Å². The Morgan fingerprint density at radius 2 is 1.77 bits per heavy atom. The number of aromatic nitrogens is 4. The molecule has 43 heavy (non-hydrogen) atoms. The van der Waals surface area contributed by atoms with Gasteiger partial charge in [0.25, 0.3) is 0 Å². The van der Waals surface area contributed by atoms with E-state index in [1.807, 2.05) is 80.2 Å². The summed E-state index contributed by atoms with van der Waals surface area (Å²) >= 11 is 0. The van der Waals surface area contributed by atoms with E-state index in [0.717, 1.165) is 33.7 Å². The molecule has 230 valence electrons. The largest absolute Gasteiger partial charge is 0.444 e. The number of carbonyl (C=O) groups excluding carboxylic acids is 1. The van der Waals surface area contributed by atoms with Crippen molar-refractivity contribution in [1.82, 2.24) is 25.1 Å². The van der Waals surface area contributed by atoms with Gasteiger partial charge in [0.05, 0.1) is 41.4 Å². The number of nitrogens with zero attached hydrogens (tertiary/aromatic N) is 4. The number of pyridine rings is 2. The second kappa shape index (κ2) is 12.9. The number of nitrogens with one attached hydrogen (secondary N) is 1. The van der Waals surface area contributed by atoms with Crippen molar-refractivity contribution in [2.75, 3.05) is 6.61 Å². The van der Waals surface area contributed by atoms with Crippen molar-refractivity contribution in [2.24, 2.45) is 0 Å². The summed E-state index contributed by atoms with van der Waals surface area (Å²) in [5.74, 6) is 0.718. The average Bonchev–Trinajstić information content (AvgIpc) is 3.36. The van der Waals surface area contributed by atoms with Gasteiger partial charge >= 0.3 is 6.09 Å². The Bertz CT molecular complexity index is 1550. The maximum atomic E-state index is 12.6. The van der Waals surface area contributed by atoms with Gasteiger partial charge in [0.1, 0.15) is 5.60 Å².